The van der Waals surface area contributed by atoms with Crippen molar-refractivity contribution < 1.29 is 14.3 Å². The first-order valence-electron chi connectivity index (χ1n) is 13.2. The molecule has 0 spiro atoms. The minimum atomic E-state index is -0.393. The van der Waals surface area contributed by atoms with Gasteiger partial charge in [0.05, 0.1) is 17.4 Å². The monoisotopic (exact) mass is 518 g/mol. The third-order valence-electron chi connectivity index (χ3n) is 7.56. The van der Waals surface area contributed by atoms with E-state index in [9.17, 15) is 9.59 Å². The van der Waals surface area contributed by atoms with Gasteiger partial charge >= 0.3 is 6.09 Å². The molecule has 1 atom stereocenters. The number of benzene rings is 4. The topological polar surface area (TPSA) is 96.7 Å². The fourth-order valence-electron chi connectivity index (χ4n) is 5.55. The van der Waals surface area contributed by atoms with Crippen molar-refractivity contribution >= 4 is 29.1 Å². The molecule has 0 saturated carbocycles. The second-order valence-corrected chi connectivity index (χ2v) is 9.99. The molecular weight excluding hydrogens is 488 g/mol. The van der Waals surface area contributed by atoms with Crippen LogP contribution in [0.3, 0.4) is 0 Å². The van der Waals surface area contributed by atoms with Crippen LogP contribution in [-0.4, -0.2) is 37.7 Å². The highest BCUT2D eigenvalue weighted by Gasteiger charge is 2.30. The van der Waals surface area contributed by atoms with Crippen LogP contribution >= 0.6 is 0 Å². The van der Waals surface area contributed by atoms with Gasteiger partial charge in [0.15, 0.2) is 0 Å². The molecule has 1 aliphatic heterocycles. The standard InChI is InChI=1S/C32H30N4O3/c33-29-11-5-6-12-30(29)35-31(37)21-13-15-23(16-14-21)36-18-17-22(19-36)34-32(38)39-20-28-26-9-3-1-7-24(26)25-8-2-4-10-27(25)28/h1-16,22,28H,17-20,33H2,(H,34,38)(H,35,37). The molecule has 39 heavy (non-hydrogen) atoms. The maximum atomic E-state index is 12.7. The lowest BCUT2D eigenvalue weighted by Gasteiger charge is -2.20. The molecule has 1 fully saturated rings. The number of fused-ring (bicyclic) bond motifs is 3. The number of nitrogens with two attached hydrogens (primary N) is 1. The fourth-order valence-corrected chi connectivity index (χ4v) is 5.55. The van der Waals surface area contributed by atoms with Gasteiger partial charge in [0.2, 0.25) is 0 Å². The highest BCUT2D eigenvalue weighted by atomic mass is 16.5. The van der Waals surface area contributed by atoms with Crippen LogP contribution in [0.15, 0.2) is 97.1 Å². The first-order chi connectivity index (χ1) is 19.1. The number of nitrogens with one attached hydrogen (secondary N) is 2. The number of rotatable bonds is 6. The van der Waals surface area contributed by atoms with Gasteiger partial charge in [-0.15, -0.1) is 0 Å². The van der Waals surface area contributed by atoms with Gasteiger partial charge in [-0.1, -0.05) is 60.7 Å². The zero-order valence-electron chi connectivity index (χ0n) is 21.5. The molecule has 4 aromatic rings. The summed E-state index contributed by atoms with van der Waals surface area (Å²) in [7, 11) is 0. The van der Waals surface area contributed by atoms with Gasteiger partial charge in [-0.3, -0.25) is 4.79 Å². The van der Waals surface area contributed by atoms with Gasteiger partial charge < -0.3 is 26.0 Å². The molecular formula is C32H30N4O3. The second kappa shape index (κ2) is 10.5. The average Bonchev–Trinajstić information content (AvgIpc) is 3.56. The van der Waals surface area contributed by atoms with Crippen LogP contribution in [0.5, 0.6) is 0 Å². The first kappa shape index (κ1) is 24.6. The Morgan fingerprint density at radius 3 is 2.18 bits per heavy atom. The van der Waals surface area contributed by atoms with Crippen LogP contribution in [-0.2, 0) is 4.74 Å². The Kier molecular flexibility index (Phi) is 6.63. The lowest BCUT2D eigenvalue weighted by atomic mass is 9.98. The Hall–Kier alpha value is -4.78. The minimum absolute atomic E-state index is 0.00955. The SMILES string of the molecule is Nc1ccccc1NC(=O)c1ccc(N2CCC(NC(=O)OCC3c4ccccc4-c4ccccc43)C2)cc1. The van der Waals surface area contributed by atoms with Gasteiger partial charge in [-0.05, 0) is 65.1 Å². The van der Waals surface area contributed by atoms with Gasteiger partial charge in [-0.25, -0.2) is 4.79 Å². The summed E-state index contributed by atoms with van der Waals surface area (Å²) in [6.45, 7) is 1.78. The van der Waals surface area contributed by atoms with E-state index in [1.54, 1.807) is 24.3 Å². The molecule has 4 aromatic carbocycles. The summed E-state index contributed by atoms with van der Waals surface area (Å²) in [5.74, 6) is -0.173. The number of nitrogens with zero attached hydrogens (tertiary/aromatic N) is 1. The number of para-hydroxylation sites is 2. The van der Waals surface area contributed by atoms with Crippen LogP contribution in [0.2, 0.25) is 0 Å². The van der Waals surface area contributed by atoms with Crippen LogP contribution in [0, 0.1) is 0 Å². The summed E-state index contributed by atoms with van der Waals surface area (Å²) >= 11 is 0. The largest absolute Gasteiger partial charge is 0.449 e. The summed E-state index contributed by atoms with van der Waals surface area (Å²) < 4.78 is 5.72. The molecule has 1 aliphatic carbocycles. The van der Waals surface area contributed by atoms with Crippen molar-refractivity contribution in [3.63, 3.8) is 0 Å². The van der Waals surface area contributed by atoms with Crippen molar-refractivity contribution in [3.05, 3.63) is 114 Å². The lowest BCUT2D eigenvalue weighted by molar-refractivity contribution is 0.102. The third-order valence-corrected chi connectivity index (χ3v) is 7.56. The van der Waals surface area contributed by atoms with E-state index in [-0.39, 0.29) is 17.9 Å². The summed E-state index contributed by atoms with van der Waals surface area (Å²) in [6, 6.07) is 31.3. The van der Waals surface area contributed by atoms with E-state index in [1.807, 2.05) is 48.5 Å². The number of ether oxygens (including phenoxy) is 1. The number of carbonyl (C=O) groups is 2. The molecule has 7 nitrogen and oxygen atoms in total. The van der Waals surface area contributed by atoms with Crippen LogP contribution in [0.1, 0.15) is 33.8 Å². The molecule has 2 aliphatic rings. The Labute approximate surface area is 227 Å². The average molecular weight is 519 g/mol. The highest BCUT2D eigenvalue weighted by Crippen LogP contribution is 2.44. The van der Waals surface area contributed by atoms with E-state index in [2.05, 4.69) is 39.8 Å². The highest BCUT2D eigenvalue weighted by molar-refractivity contribution is 6.05. The molecule has 1 saturated heterocycles. The van der Waals surface area contributed by atoms with Crippen molar-refractivity contribution in [2.75, 3.05) is 35.6 Å². The lowest BCUT2D eigenvalue weighted by Crippen LogP contribution is -2.38. The van der Waals surface area contributed by atoms with Crippen LogP contribution in [0.25, 0.3) is 11.1 Å². The van der Waals surface area contributed by atoms with E-state index in [0.29, 0.717) is 30.1 Å². The van der Waals surface area contributed by atoms with Crippen LogP contribution < -0.4 is 21.3 Å². The minimum Gasteiger partial charge on any atom is -0.449 e. The summed E-state index contributed by atoms with van der Waals surface area (Å²) in [5.41, 5.74) is 13.4. The zero-order chi connectivity index (χ0) is 26.8. The third kappa shape index (κ3) is 5.03. The molecule has 0 aromatic heterocycles. The van der Waals surface area contributed by atoms with Gasteiger partial charge in [0.25, 0.3) is 5.91 Å². The molecule has 196 valence electrons. The summed E-state index contributed by atoms with van der Waals surface area (Å²) in [4.78, 5) is 27.5. The Bertz CT molecular complexity index is 1470. The Morgan fingerprint density at radius 1 is 0.846 bits per heavy atom. The zero-order valence-corrected chi connectivity index (χ0v) is 21.5. The molecule has 7 heteroatoms. The van der Waals surface area contributed by atoms with Gasteiger partial charge in [0, 0.05) is 30.3 Å². The molecule has 2 amide bonds. The maximum Gasteiger partial charge on any atom is 0.407 e. The van der Waals surface area contributed by atoms with Crippen molar-refractivity contribution in [1.82, 2.24) is 5.32 Å². The number of hydrogen-bond acceptors (Lipinski definition) is 5. The maximum absolute atomic E-state index is 12.7. The van der Waals surface area contributed by atoms with E-state index >= 15 is 0 Å². The van der Waals surface area contributed by atoms with E-state index in [1.165, 1.54) is 22.3 Å². The molecule has 0 bridgehead atoms. The van der Waals surface area contributed by atoms with Crippen molar-refractivity contribution in [3.8, 4) is 11.1 Å². The number of nitrogen functional groups attached to an aromatic ring is 1. The Balaban J connectivity index is 1.02. The summed E-state index contributed by atoms with van der Waals surface area (Å²) in [6.07, 6.45) is 0.426. The van der Waals surface area contributed by atoms with Crippen molar-refractivity contribution in [2.24, 2.45) is 0 Å². The molecule has 1 unspecified atom stereocenters. The number of anilines is 3. The molecule has 4 N–H and O–H groups in total. The van der Waals surface area contributed by atoms with Crippen molar-refractivity contribution in [2.45, 2.75) is 18.4 Å². The predicted octanol–water partition coefficient (Wildman–Crippen LogP) is 5.64. The van der Waals surface area contributed by atoms with Gasteiger partial charge in [0.1, 0.15) is 6.61 Å². The quantitative estimate of drug-likeness (QED) is 0.287. The van der Waals surface area contributed by atoms with E-state index in [0.717, 1.165) is 18.7 Å². The summed E-state index contributed by atoms with van der Waals surface area (Å²) in [5, 5.41) is 5.88. The van der Waals surface area contributed by atoms with Crippen molar-refractivity contribution in [1.29, 1.82) is 0 Å². The normalized spacial score (nSPS) is 15.9. The van der Waals surface area contributed by atoms with E-state index < -0.39 is 6.09 Å². The fraction of sp³-hybridized carbons (Fsp3) is 0.188. The number of alkyl carbamates (subject to hydrolysis) is 1. The Morgan fingerprint density at radius 2 is 1.49 bits per heavy atom. The first-order valence-corrected chi connectivity index (χ1v) is 13.2. The number of carbonyl (C=O) groups excluding carboxylic acids is 2. The number of hydrogen-bond donors (Lipinski definition) is 3. The predicted molar refractivity (Wildman–Crippen MR) is 154 cm³/mol. The second-order valence-electron chi connectivity index (χ2n) is 9.99. The van der Waals surface area contributed by atoms with Crippen LogP contribution in [0.4, 0.5) is 21.9 Å². The molecule has 1 heterocycles. The molecule has 6 rings (SSSR count). The number of amides is 2. The van der Waals surface area contributed by atoms with Gasteiger partial charge in [-0.2, -0.15) is 0 Å². The molecule has 0 radical (unpaired) electrons. The smallest absolute Gasteiger partial charge is 0.407 e. The van der Waals surface area contributed by atoms with E-state index in [4.69, 9.17) is 10.5 Å².